The van der Waals surface area contributed by atoms with Gasteiger partial charge in [0.15, 0.2) is 17.5 Å². The van der Waals surface area contributed by atoms with Crippen LogP contribution in [-0.4, -0.2) is 62.0 Å². The van der Waals surface area contributed by atoms with Crippen molar-refractivity contribution in [3.63, 3.8) is 0 Å². The number of halogens is 3. The number of amides is 1. The number of sulfonamides is 1. The summed E-state index contributed by atoms with van der Waals surface area (Å²) in [5.74, 6) is -5.40. The Kier molecular flexibility index (Phi) is 8.57. The van der Waals surface area contributed by atoms with Crippen molar-refractivity contribution in [3.8, 4) is 0 Å². The molecule has 170 valence electrons. The fourth-order valence-corrected chi connectivity index (χ4v) is 4.30. The number of aliphatic hydroxyl groups excluding tert-OH is 1. The molecule has 0 fully saturated rings. The van der Waals surface area contributed by atoms with Gasteiger partial charge in [0.25, 0.3) is 5.91 Å². The van der Waals surface area contributed by atoms with E-state index < -0.39 is 33.4 Å². The second-order valence-corrected chi connectivity index (χ2v) is 8.80. The molecule has 31 heavy (non-hydrogen) atoms. The van der Waals surface area contributed by atoms with Crippen molar-refractivity contribution >= 4 is 21.6 Å². The minimum atomic E-state index is -3.94. The molecule has 0 unspecified atom stereocenters. The molecule has 0 atom stereocenters. The first-order chi connectivity index (χ1) is 14.6. The predicted molar refractivity (Wildman–Crippen MR) is 109 cm³/mol. The standard InChI is InChI=1S/C20H24F3N3O4S/c1-3-7-26(9-8-25(2)13-27)31(29,30)16-6-4-5-14(10-16)20(28)24-15-11-17(21)19(23)18(22)12-15/h4-6,10-12,27H,3,7-9,13H2,1-2H3,(H,24,28). The lowest BCUT2D eigenvalue weighted by Gasteiger charge is -2.24. The lowest BCUT2D eigenvalue weighted by molar-refractivity contribution is 0.102. The molecule has 0 bridgehead atoms. The molecule has 0 saturated heterocycles. The number of nitrogens with one attached hydrogen (secondary N) is 1. The molecule has 0 aliphatic rings. The highest BCUT2D eigenvalue weighted by atomic mass is 32.2. The molecule has 11 heteroatoms. The molecule has 0 radical (unpaired) electrons. The lowest BCUT2D eigenvalue weighted by atomic mass is 10.2. The van der Waals surface area contributed by atoms with Crippen molar-refractivity contribution in [2.75, 3.05) is 38.7 Å². The highest BCUT2D eigenvalue weighted by molar-refractivity contribution is 7.89. The first-order valence-electron chi connectivity index (χ1n) is 9.45. The molecular weight excluding hydrogens is 435 g/mol. The summed E-state index contributed by atoms with van der Waals surface area (Å²) < 4.78 is 67.2. The van der Waals surface area contributed by atoms with Crippen molar-refractivity contribution < 1.29 is 31.5 Å². The maximum atomic E-state index is 13.4. The molecule has 7 nitrogen and oxygen atoms in total. The highest BCUT2D eigenvalue weighted by Crippen LogP contribution is 2.21. The number of nitrogens with zero attached hydrogens (tertiary/aromatic N) is 2. The van der Waals surface area contributed by atoms with Gasteiger partial charge in [0, 0.05) is 43.0 Å². The van der Waals surface area contributed by atoms with E-state index in [9.17, 15) is 26.4 Å². The Hall–Kier alpha value is -2.47. The van der Waals surface area contributed by atoms with Crippen LogP contribution in [0.1, 0.15) is 23.7 Å². The summed E-state index contributed by atoms with van der Waals surface area (Å²) in [5, 5.41) is 11.3. The first-order valence-corrected chi connectivity index (χ1v) is 10.9. The Morgan fingerprint density at radius 1 is 1.06 bits per heavy atom. The molecule has 1 amide bonds. The number of carbonyl (C=O) groups is 1. The Bertz CT molecular complexity index is 1010. The zero-order valence-electron chi connectivity index (χ0n) is 17.1. The van der Waals surface area contributed by atoms with Gasteiger partial charge in [-0.1, -0.05) is 13.0 Å². The summed E-state index contributed by atoms with van der Waals surface area (Å²) >= 11 is 0. The minimum absolute atomic E-state index is 0.0601. The number of rotatable bonds is 10. The van der Waals surface area contributed by atoms with Gasteiger partial charge in [0.1, 0.15) is 0 Å². The Labute approximate surface area is 179 Å². The summed E-state index contributed by atoms with van der Waals surface area (Å²) in [6.07, 6.45) is 0.559. The van der Waals surface area contributed by atoms with E-state index in [-0.39, 0.29) is 36.0 Å². The fourth-order valence-electron chi connectivity index (χ4n) is 2.73. The molecule has 0 aromatic heterocycles. The SMILES string of the molecule is CCCN(CCN(C)CO)S(=O)(=O)c1cccc(C(=O)Nc2cc(F)c(F)c(F)c2)c1. The van der Waals surface area contributed by atoms with Gasteiger partial charge in [-0.15, -0.1) is 0 Å². The van der Waals surface area contributed by atoms with Gasteiger partial charge < -0.3 is 10.4 Å². The molecule has 0 spiro atoms. The molecule has 2 rings (SSSR count). The van der Waals surface area contributed by atoms with Gasteiger partial charge in [0.05, 0.1) is 11.6 Å². The molecule has 0 saturated carbocycles. The van der Waals surface area contributed by atoms with Crippen LogP contribution in [0.15, 0.2) is 41.3 Å². The molecule has 2 aromatic carbocycles. The van der Waals surface area contributed by atoms with Gasteiger partial charge >= 0.3 is 0 Å². The summed E-state index contributed by atoms with van der Waals surface area (Å²) in [7, 11) is -2.30. The third-order valence-corrected chi connectivity index (χ3v) is 6.32. The summed E-state index contributed by atoms with van der Waals surface area (Å²) in [4.78, 5) is 13.9. The largest absolute Gasteiger partial charge is 0.381 e. The van der Waals surface area contributed by atoms with E-state index in [1.165, 1.54) is 22.5 Å². The highest BCUT2D eigenvalue weighted by Gasteiger charge is 2.25. The van der Waals surface area contributed by atoms with Crippen LogP contribution >= 0.6 is 0 Å². The molecule has 0 aliphatic heterocycles. The minimum Gasteiger partial charge on any atom is -0.381 e. The zero-order chi connectivity index (χ0) is 23.2. The van der Waals surface area contributed by atoms with E-state index in [2.05, 4.69) is 5.32 Å². The summed E-state index contributed by atoms with van der Waals surface area (Å²) in [6, 6.07) is 6.45. The van der Waals surface area contributed by atoms with Crippen molar-refractivity contribution in [2.45, 2.75) is 18.2 Å². The molecular formula is C20H24F3N3O4S. The number of hydrogen-bond donors (Lipinski definition) is 2. The van der Waals surface area contributed by atoms with Crippen LogP contribution in [-0.2, 0) is 10.0 Å². The van der Waals surface area contributed by atoms with E-state index in [0.29, 0.717) is 25.1 Å². The smallest absolute Gasteiger partial charge is 0.255 e. The summed E-state index contributed by atoms with van der Waals surface area (Å²) in [6.45, 7) is 2.28. The first kappa shape index (κ1) is 24.8. The Morgan fingerprint density at radius 3 is 2.29 bits per heavy atom. The monoisotopic (exact) mass is 459 g/mol. The van der Waals surface area contributed by atoms with E-state index >= 15 is 0 Å². The number of hydrogen-bond acceptors (Lipinski definition) is 5. The number of aliphatic hydroxyl groups is 1. The molecule has 2 N–H and O–H groups in total. The van der Waals surface area contributed by atoms with Gasteiger partial charge in [0.2, 0.25) is 10.0 Å². The van der Waals surface area contributed by atoms with E-state index in [4.69, 9.17) is 5.11 Å². The van der Waals surface area contributed by atoms with Crippen LogP contribution in [0.5, 0.6) is 0 Å². The maximum absolute atomic E-state index is 13.4. The van der Waals surface area contributed by atoms with Gasteiger partial charge in [-0.3, -0.25) is 9.69 Å². The predicted octanol–water partition coefficient (Wildman–Crippen LogP) is 2.64. The average Bonchev–Trinajstić information content (AvgIpc) is 2.74. The number of likely N-dealkylation sites (N-methyl/N-ethyl adjacent to an activating group) is 1. The van der Waals surface area contributed by atoms with Crippen molar-refractivity contribution in [3.05, 3.63) is 59.4 Å². The van der Waals surface area contributed by atoms with Crippen molar-refractivity contribution in [2.24, 2.45) is 0 Å². The van der Waals surface area contributed by atoms with E-state index in [1.54, 1.807) is 11.9 Å². The molecule has 0 aliphatic carbocycles. The number of anilines is 1. The van der Waals surface area contributed by atoms with Gasteiger partial charge in [-0.2, -0.15) is 4.31 Å². The van der Waals surface area contributed by atoms with Crippen LogP contribution < -0.4 is 5.32 Å². The zero-order valence-corrected chi connectivity index (χ0v) is 17.9. The van der Waals surface area contributed by atoms with Crippen LogP contribution in [0.25, 0.3) is 0 Å². The molecule has 0 heterocycles. The normalized spacial score (nSPS) is 11.9. The third-order valence-electron chi connectivity index (χ3n) is 4.42. The Morgan fingerprint density at radius 2 is 1.71 bits per heavy atom. The van der Waals surface area contributed by atoms with Crippen LogP contribution in [0.3, 0.4) is 0 Å². The van der Waals surface area contributed by atoms with Crippen LogP contribution in [0, 0.1) is 17.5 Å². The number of benzene rings is 2. The van der Waals surface area contributed by atoms with Crippen molar-refractivity contribution in [1.82, 2.24) is 9.21 Å². The van der Waals surface area contributed by atoms with Crippen molar-refractivity contribution in [1.29, 1.82) is 0 Å². The second kappa shape index (κ2) is 10.7. The van der Waals surface area contributed by atoms with E-state index in [0.717, 1.165) is 6.07 Å². The third kappa shape index (κ3) is 6.26. The lowest BCUT2D eigenvalue weighted by Crippen LogP contribution is -2.38. The summed E-state index contributed by atoms with van der Waals surface area (Å²) in [5.41, 5.74) is -0.371. The van der Waals surface area contributed by atoms with Gasteiger partial charge in [-0.25, -0.2) is 21.6 Å². The Balaban J connectivity index is 2.26. The van der Waals surface area contributed by atoms with Crippen LogP contribution in [0.2, 0.25) is 0 Å². The number of carbonyl (C=O) groups excluding carboxylic acids is 1. The fraction of sp³-hybridized carbons (Fsp3) is 0.350. The quantitative estimate of drug-likeness (QED) is 0.421. The second-order valence-electron chi connectivity index (χ2n) is 6.86. The van der Waals surface area contributed by atoms with Gasteiger partial charge in [-0.05, 0) is 31.7 Å². The maximum Gasteiger partial charge on any atom is 0.255 e. The molecule has 2 aromatic rings. The average molecular weight is 459 g/mol. The topological polar surface area (TPSA) is 90.0 Å². The van der Waals surface area contributed by atoms with Crippen LogP contribution in [0.4, 0.5) is 18.9 Å². The van der Waals surface area contributed by atoms with E-state index in [1.807, 2.05) is 6.92 Å².